The van der Waals surface area contributed by atoms with E-state index >= 15 is 0 Å². The van der Waals surface area contributed by atoms with Gasteiger partial charge in [0.1, 0.15) is 4.90 Å². The maximum absolute atomic E-state index is 12.7. The summed E-state index contributed by atoms with van der Waals surface area (Å²) in [7, 11) is -3.70. The molecule has 1 amide bonds. The van der Waals surface area contributed by atoms with Gasteiger partial charge in [0.15, 0.2) is 9.84 Å². The lowest BCUT2D eigenvalue weighted by Crippen LogP contribution is -2.22. The largest absolute Gasteiger partial charge is 0.416 e. The molecule has 0 aliphatic carbocycles. The van der Waals surface area contributed by atoms with E-state index in [1.54, 1.807) is 0 Å². The predicted octanol–water partition coefficient (Wildman–Crippen LogP) is 4.47. The number of benzene rings is 2. The first-order valence-electron chi connectivity index (χ1n) is 7.28. The van der Waals surface area contributed by atoms with Crippen LogP contribution in [0.1, 0.15) is 5.56 Å². The lowest BCUT2D eigenvalue weighted by Gasteiger charge is -2.13. The van der Waals surface area contributed by atoms with E-state index in [-0.39, 0.29) is 32.9 Å². The maximum Gasteiger partial charge on any atom is 0.416 e. The molecule has 2 N–H and O–H groups in total. The van der Waals surface area contributed by atoms with Gasteiger partial charge in [-0.1, -0.05) is 29.3 Å². The van der Waals surface area contributed by atoms with E-state index in [0.717, 1.165) is 18.4 Å². The number of halogens is 5. The van der Waals surface area contributed by atoms with E-state index < -0.39 is 27.5 Å². The Morgan fingerprint density at radius 3 is 2.41 bits per heavy atom. The zero-order valence-electron chi connectivity index (χ0n) is 13.7. The Bertz CT molecular complexity index is 979. The summed E-state index contributed by atoms with van der Waals surface area (Å²) in [6.45, 7) is -0.360. The fraction of sp³-hybridized carbons (Fsp3) is 0.188. The summed E-state index contributed by atoms with van der Waals surface area (Å²) in [6.07, 6.45) is -3.60. The number of anilines is 2. The minimum Gasteiger partial charge on any atom is -0.375 e. The van der Waals surface area contributed by atoms with E-state index in [9.17, 15) is 26.4 Å². The summed E-state index contributed by atoms with van der Waals surface area (Å²) < 4.78 is 61.6. The van der Waals surface area contributed by atoms with Crippen LogP contribution in [0.25, 0.3) is 0 Å². The molecule has 0 aromatic heterocycles. The first-order valence-corrected chi connectivity index (χ1v) is 9.93. The quantitative estimate of drug-likeness (QED) is 0.719. The number of nitrogens with one attached hydrogen (secondary N) is 2. The number of hydrogen-bond donors (Lipinski definition) is 2. The average molecular weight is 441 g/mol. The maximum atomic E-state index is 12.7. The average Bonchev–Trinajstić information content (AvgIpc) is 2.52. The number of hydrogen-bond acceptors (Lipinski definition) is 4. The van der Waals surface area contributed by atoms with Crippen molar-refractivity contribution in [3.05, 3.63) is 52.0 Å². The Hall–Kier alpha value is -1.97. The molecule has 0 atom stereocenters. The van der Waals surface area contributed by atoms with Crippen molar-refractivity contribution in [1.82, 2.24) is 0 Å². The molecule has 0 unspecified atom stereocenters. The van der Waals surface area contributed by atoms with Crippen molar-refractivity contribution in [2.75, 3.05) is 23.4 Å². The summed E-state index contributed by atoms with van der Waals surface area (Å²) in [5, 5.41) is 4.69. The molecule has 0 aliphatic heterocycles. The van der Waals surface area contributed by atoms with Crippen LogP contribution in [0.3, 0.4) is 0 Å². The van der Waals surface area contributed by atoms with Crippen molar-refractivity contribution in [2.45, 2.75) is 11.1 Å². The first-order chi connectivity index (χ1) is 12.4. The van der Waals surface area contributed by atoms with Gasteiger partial charge in [0.2, 0.25) is 5.91 Å². The van der Waals surface area contributed by atoms with Gasteiger partial charge in [-0.25, -0.2) is 8.42 Å². The summed E-state index contributed by atoms with van der Waals surface area (Å²) in [6, 6.07) is 6.85. The summed E-state index contributed by atoms with van der Waals surface area (Å²) in [4.78, 5) is 11.7. The second kappa shape index (κ2) is 7.95. The summed E-state index contributed by atoms with van der Waals surface area (Å²) >= 11 is 11.9. The molecular weight excluding hydrogens is 428 g/mol. The predicted molar refractivity (Wildman–Crippen MR) is 98.1 cm³/mol. The summed E-state index contributed by atoms with van der Waals surface area (Å²) in [5.74, 6) is -0.652. The van der Waals surface area contributed by atoms with Gasteiger partial charge >= 0.3 is 6.18 Å². The number of sulfone groups is 1. The van der Waals surface area contributed by atoms with Gasteiger partial charge in [-0.15, -0.1) is 0 Å². The molecular formula is C16H13Cl2F3N2O3S. The van der Waals surface area contributed by atoms with E-state index in [2.05, 4.69) is 10.6 Å². The van der Waals surface area contributed by atoms with Crippen LogP contribution in [0.2, 0.25) is 10.0 Å². The number of amides is 1. The zero-order valence-corrected chi connectivity index (χ0v) is 16.0. The normalized spacial score (nSPS) is 11.9. The fourth-order valence-electron chi connectivity index (χ4n) is 2.16. The molecule has 2 aromatic rings. The van der Waals surface area contributed by atoms with Crippen molar-refractivity contribution in [1.29, 1.82) is 0 Å². The topological polar surface area (TPSA) is 75.3 Å². The summed E-state index contributed by atoms with van der Waals surface area (Å²) in [5.41, 5.74) is -0.789. The van der Waals surface area contributed by atoms with Crippen LogP contribution in [0.15, 0.2) is 41.3 Å². The molecule has 11 heteroatoms. The van der Waals surface area contributed by atoms with Crippen molar-refractivity contribution < 1.29 is 26.4 Å². The van der Waals surface area contributed by atoms with E-state index in [1.807, 2.05) is 0 Å². The molecule has 2 aromatic carbocycles. The number of carbonyl (C=O) groups excluding carboxylic acids is 1. The van der Waals surface area contributed by atoms with Crippen molar-refractivity contribution in [2.24, 2.45) is 0 Å². The van der Waals surface area contributed by atoms with Gasteiger partial charge in [0.05, 0.1) is 27.8 Å². The van der Waals surface area contributed by atoms with Gasteiger partial charge in [-0.05, 0) is 30.3 Å². The molecule has 146 valence electrons. The highest BCUT2D eigenvalue weighted by atomic mass is 35.5. The van der Waals surface area contributed by atoms with Crippen LogP contribution >= 0.6 is 23.2 Å². The van der Waals surface area contributed by atoms with Crippen LogP contribution in [-0.2, 0) is 20.8 Å². The smallest absolute Gasteiger partial charge is 0.375 e. The van der Waals surface area contributed by atoms with Crippen molar-refractivity contribution >= 4 is 50.3 Å². The lowest BCUT2D eigenvalue weighted by atomic mass is 10.2. The molecule has 0 radical (unpaired) electrons. The highest BCUT2D eigenvalue weighted by Gasteiger charge is 2.30. The SMILES string of the molecule is CS(=O)(=O)c1c(Cl)ccc(NCC(=O)Nc2cccc(C(F)(F)F)c2)c1Cl. The molecule has 0 saturated carbocycles. The minimum absolute atomic E-state index is 0.0318. The standard InChI is InChI=1S/C16H13Cl2F3N2O3S/c1-27(25,26)15-11(17)5-6-12(14(15)18)22-8-13(24)23-10-4-2-3-9(7-10)16(19,20)21/h2-7,22H,8H2,1H3,(H,23,24). The second-order valence-electron chi connectivity index (χ2n) is 5.49. The van der Waals surface area contributed by atoms with Gasteiger partial charge < -0.3 is 10.6 Å². The molecule has 0 bridgehead atoms. The third-order valence-corrected chi connectivity index (χ3v) is 5.43. The van der Waals surface area contributed by atoms with Gasteiger partial charge in [0.25, 0.3) is 0 Å². The number of rotatable bonds is 5. The van der Waals surface area contributed by atoms with E-state index in [4.69, 9.17) is 23.2 Å². The van der Waals surface area contributed by atoms with Gasteiger partial charge in [0, 0.05) is 11.9 Å². The van der Waals surface area contributed by atoms with Crippen LogP contribution < -0.4 is 10.6 Å². The highest BCUT2D eigenvalue weighted by molar-refractivity contribution is 7.91. The van der Waals surface area contributed by atoms with Crippen LogP contribution in [0.4, 0.5) is 24.5 Å². The van der Waals surface area contributed by atoms with Gasteiger partial charge in [-0.2, -0.15) is 13.2 Å². The van der Waals surface area contributed by atoms with Crippen LogP contribution in [-0.4, -0.2) is 27.1 Å². The van der Waals surface area contributed by atoms with E-state index in [1.165, 1.54) is 24.3 Å². The Morgan fingerprint density at radius 1 is 1.15 bits per heavy atom. The highest BCUT2D eigenvalue weighted by Crippen LogP contribution is 2.35. The Balaban J connectivity index is 2.11. The number of alkyl halides is 3. The second-order valence-corrected chi connectivity index (χ2v) is 8.23. The van der Waals surface area contributed by atoms with Crippen LogP contribution in [0.5, 0.6) is 0 Å². The molecule has 5 nitrogen and oxygen atoms in total. The molecule has 0 fully saturated rings. The van der Waals surface area contributed by atoms with Crippen LogP contribution in [0, 0.1) is 0 Å². The number of carbonyl (C=O) groups is 1. The minimum atomic E-state index is -4.53. The molecule has 27 heavy (non-hydrogen) atoms. The van der Waals surface area contributed by atoms with Crippen molar-refractivity contribution in [3.8, 4) is 0 Å². The third kappa shape index (κ3) is 5.50. The van der Waals surface area contributed by atoms with E-state index in [0.29, 0.717) is 0 Å². The fourth-order valence-corrected chi connectivity index (χ4v) is 4.30. The Labute approximate surface area is 163 Å². The third-order valence-electron chi connectivity index (χ3n) is 3.33. The zero-order chi connectivity index (χ0) is 20.4. The Kier molecular flexibility index (Phi) is 6.28. The van der Waals surface area contributed by atoms with Gasteiger partial charge in [-0.3, -0.25) is 4.79 Å². The first kappa shape index (κ1) is 21.3. The molecule has 0 saturated heterocycles. The molecule has 2 rings (SSSR count). The molecule has 0 spiro atoms. The molecule has 0 aliphatic rings. The van der Waals surface area contributed by atoms with Crippen molar-refractivity contribution in [3.63, 3.8) is 0 Å². The Morgan fingerprint density at radius 2 is 1.81 bits per heavy atom. The molecule has 0 heterocycles. The monoisotopic (exact) mass is 440 g/mol. The lowest BCUT2D eigenvalue weighted by molar-refractivity contribution is -0.137.